The average Bonchev–Trinajstić information content (AvgIpc) is 2.19. The predicted molar refractivity (Wildman–Crippen MR) is 53.5 cm³/mol. The minimum absolute atomic E-state index is 0.412. The Labute approximate surface area is 83.1 Å². The molecule has 0 saturated heterocycles. The lowest BCUT2D eigenvalue weighted by Crippen LogP contribution is -1.94. The molecule has 0 radical (unpaired) electrons. The molecule has 0 aliphatic carbocycles. The molecular formula is C10H13N2O2+. The second kappa shape index (κ2) is 5.07. The molecule has 0 aliphatic rings. The zero-order chi connectivity index (χ0) is 10.4. The fourth-order valence-electron chi connectivity index (χ4n) is 1.10. The Kier molecular flexibility index (Phi) is 3.74. The number of nitrogens with zero attached hydrogens (tertiary/aromatic N) is 2. The number of ether oxygens (including phenoxy) is 2. The number of rotatable bonds is 4. The van der Waals surface area contributed by atoms with Gasteiger partial charge in [-0.15, -0.1) is 0 Å². The van der Waals surface area contributed by atoms with Gasteiger partial charge in [0, 0.05) is 12.1 Å². The summed E-state index contributed by atoms with van der Waals surface area (Å²) in [7, 11) is 0. The van der Waals surface area contributed by atoms with Gasteiger partial charge in [0.25, 0.3) is 0 Å². The molecule has 0 unspecified atom stereocenters. The summed E-state index contributed by atoms with van der Waals surface area (Å²) in [5.41, 5.74) is 0.412. The van der Waals surface area contributed by atoms with Crippen molar-refractivity contribution in [3.63, 3.8) is 0 Å². The maximum absolute atomic E-state index is 8.67. The van der Waals surface area contributed by atoms with Crippen molar-refractivity contribution in [2.45, 2.75) is 13.8 Å². The first-order chi connectivity index (χ1) is 6.81. The van der Waals surface area contributed by atoms with E-state index in [1.54, 1.807) is 18.2 Å². The molecule has 0 N–H and O–H groups in total. The Morgan fingerprint density at radius 3 is 2.50 bits per heavy atom. The topological polar surface area (TPSA) is 46.6 Å². The molecule has 0 aromatic heterocycles. The van der Waals surface area contributed by atoms with Crippen molar-refractivity contribution in [1.29, 1.82) is 5.39 Å². The van der Waals surface area contributed by atoms with Crippen LogP contribution in [-0.2, 0) is 0 Å². The molecule has 0 fully saturated rings. The molecule has 0 heterocycles. The lowest BCUT2D eigenvalue weighted by atomic mass is 10.3. The fourth-order valence-corrected chi connectivity index (χ4v) is 1.10. The third-order valence-electron chi connectivity index (χ3n) is 1.65. The van der Waals surface area contributed by atoms with Gasteiger partial charge in [-0.2, -0.15) is 0 Å². The van der Waals surface area contributed by atoms with Gasteiger partial charge < -0.3 is 9.47 Å². The quantitative estimate of drug-likeness (QED) is 0.690. The second-order valence-electron chi connectivity index (χ2n) is 2.60. The third-order valence-corrected chi connectivity index (χ3v) is 1.65. The molecule has 0 amide bonds. The zero-order valence-electron chi connectivity index (χ0n) is 8.36. The third kappa shape index (κ3) is 2.36. The Morgan fingerprint density at radius 2 is 1.93 bits per heavy atom. The van der Waals surface area contributed by atoms with Crippen LogP contribution in [-0.4, -0.2) is 13.2 Å². The summed E-state index contributed by atoms with van der Waals surface area (Å²) < 4.78 is 10.6. The van der Waals surface area contributed by atoms with E-state index >= 15 is 0 Å². The van der Waals surface area contributed by atoms with E-state index in [2.05, 4.69) is 4.98 Å². The summed E-state index contributed by atoms with van der Waals surface area (Å²) >= 11 is 0. The van der Waals surface area contributed by atoms with Crippen LogP contribution < -0.4 is 9.47 Å². The Balaban J connectivity index is 2.96. The first-order valence-corrected chi connectivity index (χ1v) is 4.56. The summed E-state index contributed by atoms with van der Waals surface area (Å²) in [5, 5.41) is 8.67. The number of benzene rings is 1. The van der Waals surface area contributed by atoms with Crippen molar-refractivity contribution < 1.29 is 9.47 Å². The predicted octanol–water partition coefficient (Wildman–Crippen LogP) is 2.97. The van der Waals surface area contributed by atoms with Crippen LogP contribution in [0.1, 0.15) is 13.8 Å². The van der Waals surface area contributed by atoms with Crippen LogP contribution in [0.2, 0.25) is 0 Å². The molecule has 0 atom stereocenters. The molecule has 0 spiro atoms. The van der Waals surface area contributed by atoms with Crippen molar-refractivity contribution >= 4 is 5.69 Å². The maximum Gasteiger partial charge on any atom is 0.426 e. The van der Waals surface area contributed by atoms with Crippen LogP contribution in [0.5, 0.6) is 11.5 Å². The highest BCUT2D eigenvalue weighted by Crippen LogP contribution is 2.31. The van der Waals surface area contributed by atoms with Gasteiger partial charge in [0.1, 0.15) is 5.75 Å². The lowest BCUT2D eigenvalue weighted by Gasteiger charge is -2.04. The molecule has 74 valence electrons. The molecule has 0 aliphatic heterocycles. The normalized spacial score (nSPS) is 9.21. The monoisotopic (exact) mass is 193 g/mol. The smallest absolute Gasteiger partial charge is 0.426 e. The van der Waals surface area contributed by atoms with Crippen molar-refractivity contribution in [2.24, 2.45) is 0 Å². The van der Waals surface area contributed by atoms with E-state index in [0.29, 0.717) is 30.4 Å². The first kappa shape index (κ1) is 10.3. The van der Waals surface area contributed by atoms with Gasteiger partial charge in [-0.1, -0.05) is 0 Å². The van der Waals surface area contributed by atoms with Crippen molar-refractivity contribution in [1.82, 2.24) is 0 Å². The summed E-state index contributed by atoms with van der Waals surface area (Å²) in [6.45, 7) is 4.90. The van der Waals surface area contributed by atoms with E-state index in [4.69, 9.17) is 14.9 Å². The first-order valence-electron chi connectivity index (χ1n) is 4.56. The van der Waals surface area contributed by atoms with Crippen molar-refractivity contribution in [2.75, 3.05) is 13.2 Å². The van der Waals surface area contributed by atoms with E-state index in [-0.39, 0.29) is 0 Å². The minimum Gasteiger partial charge on any atom is -0.494 e. The molecule has 1 rings (SSSR count). The molecule has 0 saturated carbocycles. The van der Waals surface area contributed by atoms with Crippen LogP contribution in [0.15, 0.2) is 18.2 Å². The SMILES string of the molecule is CCOc1ccc([N+]#N)c(OCC)c1. The second-order valence-corrected chi connectivity index (χ2v) is 2.60. The summed E-state index contributed by atoms with van der Waals surface area (Å²) in [6, 6.07) is 5.10. The van der Waals surface area contributed by atoms with Gasteiger partial charge in [-0.3, -0.25) is 0 Å². The molecule has 14 heavy (non-hydrogen) atoms. The summed E-state index contributed by atoms with van der Waals surface area (Å²) in [6.07, 6.45) is 0. The Hall–Kier alpha value is -1.76. The highest BCUT2D eigenvalue weighted by atomic mass is 16.5. The lowest BCUT2D eigenvalue weighted by molar-refractivity contribution is 0.324. The molecule has 1 aromatic rings. The van der Waals surface area contributed by atoms with E-state index in [0.717, 1.165) is 0 Å². The molecule has 0 bridgehead atoms. The number of hydrogen-bond acceptors (Lipinski definition) is 3. The largest absolute Gasteiger partial charge is 0.494 e. The van der Waals surface area contributed by atoms with Gasteiger partial charge in [0.05, 0.1) is 13.2 Å². The van der Waals surface area contributed by atoms with E-state index in [9.17, 15) is 0 Å². The van der Waals surface area contributed by atoms with Gasteiger partial charge >= 0.3 is 5.69 Å². The van der Waals surface area contributed by atoms with Gasteiger partial charge in [0.15, 0.2) is 4.98 Å². The fraction of sp³-hybridized carbons (Fsp3) is 0.400. The van der Waals surface area contributed by atoms with E-state index < -0.39 is 0 Å². The van der Waals surface area contributed by atoms with Crippen LogP contribution >= 0.6 is 0 Å². The van der Waals surface area contributed by atoms with E-state index in [1.165, 1.54) is 0 Å². The van der Waals surface area contributed by atoms with Gasteiger partial charge in [-0.05, 0) is 19.9 Å². The standard InChI is InChI=1S/C10H13N2O2/c1-3-13-8-5-6-9(12-11)10(7-8)14-4-2/h5-7H,3-4H2,1-2H3/q+1. The Bertz CT molecular complexity index is 344. The maximum atomic E-state index is 8.67. The van der Waals surface area contributed by atoms with Gasteiger partial charge in [-0.25, -0.2) is 0 Å². The van der Waals surface area contributed by atoms with Crippen molar-refractivity contribution in [3.05, 3.63) is 23.2 Å². The van der Waals surface area contributed by atoms with Crippen molar-refractivity contribution in [3.8, 4) is 11.5 Å². The summed E-state index contributed by atoms with van der Waals surface area (Å²) in [4.78, 5) is 3.11. The van der Waals surface area contributed by atoms with E-state index in [1.807, 2.05) is 13.8 Å². The van der Waals surface area contributed by atoms with Crippen LogP contribution in [0.25, 0.3) is 4.98 Å². The number of hydrogen-bond donors (Lipinski definition) is 0. The number of diazo groups is 1. The van der Waals surface area contributed by atoms with Crippen LogP contribution in [0, 0.1) is 5.39 Å². The van der Waals surface area contributed by atoms with Crippen LogP contribution in [0.4, 0.5) is 5.69 Å². The average molecular weight is 193 g/mol. The minimum atomic E-state index is 0.412. The highest BCUT2D eigenvalue weighted by molar-refractivity contribution is 5.59. The highest BCUT2D eigenvalue weighted by Gasteiger charge is 2.15. The van der Waals surface area contributed by atoms with Gasteiger partial charge in [0.2, 0.25) is 11.1 Å². The zero-order valence-corrected chi connectivity index (χ0v) is 8.36. The van der Waals surface area contributed by atoms with Crippen LogP contribution in [0.3, 0.4) is 0 Å². The molecule has 4 heteroatoms. The molecular weight excluding hydrogens is 180 g/mol. The molecule has 4 nitrogen and oxygen atoms in total. The molecule has 1 aromatic carbocycles. The summed E-state index contributed by atoms with van der Waals surface area (Å²) in [5.74, 6) is 1.24. The Morgan fingerprint density at radius 1 is 1.21 bits per heavy atom.